The average molecular weight is 371 g/mol. The van der Waals surface area contributed by atoms with E-state index in [-0.39, 0.29) is 0 Å². The highest BCUT2D eigenvalue weighted by Crippen LogP contribution is 2.28. The van der Waals surface area contributed by atoms with Gasteiger partial charge in [-0.2, -0.15) is 0 Å². The standard InChI is InChI=1S/C18H12Cl2N4O/c19-14-9-16-17(10-15(14)20)24-18(23-16)22-11-1-3-12(4-2-11)25-13-5-7-21-8-6-13/h1-10H,(H2,22,23,24). The Morgan fingerprint density at radius 2 is 1.56 bits per heavy atom. The lowest BCUT2D eigenvalue weighted by molar-refractivity contribution is 0.482. The largest absolute Gasteiger partial charge is 0.457 e. The zero-order valence-corrected chi connectivity index (χ0v) is 14.3. The number of ether oxygens (including phenoxy) is 1. The normalized spacial score (nSPS) is 10.8. The van der Waals surface area contributed by atoms with E-state index in [4.69, 9.17) is 27.9 Å². The summed E-state index contributed by atoms with van der Waals surface area (Å²) < 4.78 is 5.74. The number of nitrogens with zero attached hydrogens (tertiary/aromatic N) is 2. The van der Waals surface area contributed by atoms with Crippen LogP contribution in [0.3, 0.4) is 0 Å². The van der Waals surface area contributed by atoms with E-state index >= 15 is 0 Å². The van der Waals surface area contributed by atoms with Crippen molar-refractivity contribution in [2.75, 3.05) is 5.32 Å². The van der Waals surface area contributed by atoms with Crippen molar-refractivity contribution in [2.45, 2.75) is 0 Å². The van der Waals surface area contributed by atoms with Gasteiger partial charge >= 0.3 is 0 Å². The molecule has 0 saturated carbocycles. The summed E-state index contributed by atoms with van der Waals surface area (Å²) in [4.78, 5) is 11.6. The van der Waals surface area contributed by atoms with Crippen molar-refractivity contribution in [1.29, 1.82) is 0 Å². The number of imidazole rings is 1. The van der Waals surface area contributed by atoms with Gasteiger partial charge in [-0.3, -0.25) is 4.98 Å². The van der Waals surface area contributed by atoms with Crippen LogP contribution in [0.4, 0.5) is 11.6 Å². The molecule has 2 heterocycles. The highest BCUT2D eigenvalue weighted by molar-refractivity contribution is 6.42. The van der Waals surface area contributed by atoms with E-state index in [0.29, 0.717) is 16.0 Å². The van der Waals surface area contributed by atoms with Crippen LogP contribution in [-0.4, -0.2) is 15.0 Å². The molecule has 25 heavy (non-hydrogen) atoms. The lowest BCUT2D eigenvalue weighted by Gasteiger charge is -2.07. The average Bonchev–Trinajstić information content (AvgIpc) is 2.99. The topological polar surface area (TPSA) is 62.8 Å². The van der Waals surface area contributed by atoms with Crippen molar-refractivity contribution in [3.63, 3.8) is 0 Å². The number of anilines is 2. The summed E-state index contributed by atoms with van der Waals surface area (Å²) in [5, 5.41) is 4.17. The fourth-order valence-electron chi connectivity index (χ4n) is 2.35. The van der Waals surface area contributed by atoms with Crippen LogP contribution in [0.25, 0.3) is 11.0 Å². The molecule has 0 bridgehead atoms. The number of fused-ring (bicyclic) bond motifs is 1. The maximum absolute atomic E-state index is 6.02. The Morgan fingerprint density at radius 1 is 0.880 bits per heavy atom. The third-order valence-corrected chi connectivity index (χ3v) is 4.25. The lowest BCUT2D eigenvalue weighted by Crippen LogP contribution is -1.92. The van der Waals surface area contributed by atoms with E-state index in [1.807, 2.05) is 24.3 Å². The zero-order chi connectivity index (χ0) is 17.2. The molecule has 2 aromatic carbocycles. The van der Waals surface area contributed by atoms with Gasteiger partial charge in [0.15, 0.2) is 0 Å². The predicted octanol–water partition coefficient (Wildman–Crippen LogP) is 5.80. The van der Waals surface area contributed by atoms with Gasteiger partial charge in [0.1, 0.15) is 11.5 Å². The zero-order valence-electron chi connectivity index (χ0n) is 12.8. The predicted molar refractivity (Wildman–Crippen MR) is 100 cm³/mol. The van der Waals surface area contributed by atoms with Crippen molar-refractivity contribution in [2.24, 2.45) is 0 Å². The number of hydrogen-bond donors (Lipinski definition) is 2. The molecule has 7 heteroatoms. The number of aromatic nitrogens is 3. The number of nitrogens with one attached hydrogen (secondary N) is 2. The molecule has 0 fully saturated rings. The van der Waals surface area contributed by atoms with E-state index in [1.165, 1.54) is 0 Å². The molecule has 0 aliphatic carbocycles. The second-order valence-corrected chi connectivity index (χ2v) is 6.12. The Labute approximate surface area is 153 Å². The second kappa shape index (κ2) is 6.63. The number of pyridine rings is 1. The molecular formula is C18H12Cl2N4O. The summed E-state index contributed by atoms with van der Waals surface area (Å²) in [6.07, 6.45) is 3.37. The lowest BCUT2D eigenvalue weighted by atomic mass is 10.3. The van der Waals surface area contributed by atoms with E-state index in [1.54, 1.807) is 36.7 Å². The van der Waals surface area contributed by atoms with E-state index in [9.17, 15) is 0 Å². The van der Waals surface area contributed by atoms with Crippen LogP contribution in [0, 0.1) is 0 Å². The molecule has 124 valence electrons. The van der Waals surface area contributed by atoms with Gasteiger partial charge in [-0.1, -0.05) is 23.2 Å². The maximum atomic E-state index is 6.02. The molecule has 0 spiro atoms. The van der Waals surface area contributed by atoms with Crippen molar-refractivity contribution >= 4 is 45.9 Å². The van der Waals surface area contributed by atoms with Gasteiger partial charge in [-0.25, -0.2) is 4.98 Å². The minimum atomic E-state index is 0.477. The Bertz CT molecular complexity index is 978. The summed E-state index contributed by atoms with van der Waals surface area (Å²) in [6.45, 7) is 0. The van der Waals surface area contributed by atoms with Crippen LogP contribution in [0.15, 0.2) is 60.9 Å². The number of H-pyrrole nitrogens is 1. The van der Waals surface area contributed by atoms with Crippen LogP contribution < -0.4 is 10.1 Å². The van der Waals surface area contributed by atoms with Crippen molar-refractivity contribution < 1.29 is 4.74 Å². The number of hydrogen-bond acceptors (Lipinski definition) is 4. The summed E-state index contributed by atoms with van der Waals surface area (Å²) in [5.41, 5.74) is 2.43. The van der Waals surface area contributed by atoms with Gasteiger partial charge in [0.25, 0.3) is 0 Å². The quantitative estimate of drug-likeness (QED) is 0.476. The number of halogens is 2. The minimum absolute atomic E-state index is 0.477. The van der Waals surface area contributed by atoms with Gasteiger partial charge in [-0.15, -0.1) is 0 Å². The molecule has 0 aliphatic heterocycles. The first-order chi connectivity index (χ1) is 12.2. The molecular weight excluding hydrogens is 359 g/mol. The van der Waals surface area contributed by atoms with Gasteiger partial charge in [0.05, 0.1) is 21.1 Å². The van der Waals surface area contributed by atoms with Gasteiger partial charge in [-0.05, 0) is 48.5 Å². The summed E-state index contributed by atoms with van der Waals surface area (Å²) in [6, 6.07) is 14.6. The third-order valence-electron chi connectivity index (χ3n) is 3.53. The van der Waals surface area contributed by atoms with Crippen LogP contribution >= 0.6 is 23.2 Å². The molecule has 2 N–H and O–H groups in total. The third kappa shape index (κ3) is 3.52. The van der Waals surface area contributed by atoms with E-state index in [0.717, 1.165) is 28.2 Å². The Kier molecular flexibility index (Phi) is 4.17. The molecule has 4 rings (SSSR count). The van der Waals surface area contributed by atoms with Crippen molar-refractivity contribution in [3.05, 3.63) is 71.0 Å². The van der Waals surface area contributed by atoms with Crippen LogP contribution in [0.1, 0.15) is 0 Å². The molecule has 4 aromatic rings. The smallest absolute Gasteiger partial charge is 0.205 e. The first-order valence-electron chi connectivity index (χ1n) is 7.47. The molecule has 0 aliphatic rings. The number of benzene rings is 2. The highest BCUT2D eigenvalue weighted by atomic mass is 35.5. The van der Waals surface area contributed by atoms with E-state index in [2.05, 4.69) is 20.3 Å². The van der Waals surface area contributed by atoms with Crippen molar-refractivity contribution in [3.8, 4) is 11.5 Å². The van der Waals surface area contributed by atoms with Crippen LogP contribution in [0.5, 0.6) is 11.5 Å². The molecule has 0 radical (unpaired) electrons. The summed E-state index contributed by atoms with van der Waals surface area (Å²) >= 11 is 12.0. The highest BCUT2D eigenvalue weighted by Gasteiger charge is 2.07. The Morgan fingerprint density at radius 3 is 2.32 bits per heavy atom. The van der Waals surface area contributed by atoms with Gasteiger partial charge in [0.2, 0.25) is 5.95 Å². The summed E-state index contributed by atoms with van der Waals surface area (Å²) in [7, 11) is 0. The Balaban J connectivity index is 1.51. The first kappa shape index (κ1) is 15.7. The molecule has 0 atom stereocenters. The van der Waals surface area contributed by atoms with Gasteiger partial charge < -0.3 is 15.0 Å². The fourth-order valence-corrected chi connectivity index (χ4v) is 2.67. The molecule has 2 aromatic heterocycles. The molecule has 0 unspecified atom stereocenters. The SMILES string of the molecule is Clc1cc2nc(Nc3ccc(Oc4ccncc4)cc3)[nH]c2cc1Cl. The van der Waals surface area contributed by atoms with Crippen molar-refractivity contribution in [1.82, 2.24) is 15.0 Å². The fraction of sp³-hybridized carbons (Fsp3) is 0. The summed E-state index contributed by atoms with van der Waals surface area (Å²) in [5.74, 6) is 2.08. The van der Waals surface area contributed by atoms with Crippen LogP contribution in [-0.2, 0) is 0 Å². The monoisotopic (exact) mass is 370 g/mol. The first-order valence-corrected chi connectivity index (χ1v) is 8.23. The minimum Gasteiger partial charge on any atom is -0.457 e. The second-order valence-electron chi connectivity index (χ2n) is 5.30. The van der Waals surface area contributed by atoms with Gasteiger partial charge in [0, 0.05) is 18.1 Å². The molecule has 5 nitrogen and oxygen atoms in total. The Hall–Kier alpha value is -2.76. The number of aromatic amines is 1. The molecule has 0 saturated heterocycles. The van der Waals surface area contributed by atoms with Crippen LogP contribution in [0.2, 0.25) is 10.0 Å². The van der Waals surface area contributed by atoms with E-state index < -0.39 is 0 Å². The number of rotatable bonds is 4. The maximum Gasteiger partial charge on any atom is 0.205 e. The molecule has 0 amide bonds.